The van der Waals surface area contributed by atoms with Crippen LogP contribution in [0.4, 0.5) is 14.4 Å². The summed E-state index contributed by atoms with van der Waals surface area (Å²) < 4.78 is 29.7. The molecule has 2 N–H and O–H groups in total. The van der Waals surface area contributed by atoms with Crippen molar-refractivity contribution in [3.8, 4) is 11.5 Å². The highest BCUT2D eigenvalue weighted by atomic mass is 16.7. The summed E-state index contributed by atoms with van der Waals surface area (Å²) in [5.74, 6) is -1.39. The molecular weight excluding hydrogens is 466 g/mol. The van der Waals surface area contributed by atoms with E-state index < -0.39 is 36.6 Å². The summed E-state index contributed by atoms with van der Waals surface area (Å²) >= 11 is 0. The van der Waals surface area contributed by atoms with E-state index in [0.29, 0.717) is 18.4 Å². The Morgan fingerprint density at radius 3 is 2.03 bits per heavy atom. The minimum Gasteiger partial charge on any atom is -0.480 e. The van der Waals surface area contributed by atoms with Crippen LogP contribution in [0.25, 0.3) is 0 Å². The number of aliphatic carboxylic acids is 1. The molecule has 12 heteroatoms. The summed E-state index contributed by atoms with van der Waals surface area (Å²) in [6, 6.07) is 3.18. The highest BCUT2D eigenvalue weighted by Gasteiger charge is 2.22. The predicted molar refractivity (Wildman–Crippen MR) is 122 cm³/mol. The van der Waals surface area contributed by atoms with E-state index in [2.05, 4.69) is 5.32 Å². The van der Waals surface area contributed by atoms with Crippen LogP contribution >= 0.6 is 0 Å². The van der Waals surface area contributed by atoms with Crippen molar-refractivity contribution in [2.75, 3.05) is 26.4 Å². The van der Waals surface area contributed by atoms with Gasteiger partial charge >= 0.3 is 24.4 Å². The molecule has 0 heterocycles. The third-order valence-electron chi connectivity index (χ3n) is 4.19. The van der Waals surface area contributed by atoms with Gasteiger partial charge in [-0.05, 0) is 50.8 Å². The lowest BCUT2D eigenvalue weighted by atomic mass is 10.0. The number of carbonyl (C=O) groups is 4. The third-order valence-corrected chi connectivity index (χ3v) is 4.19. The molecule has 0 aliphatic heterocycles. The molecule has 0 saturated carbocycles. The molecule has 0 aliphatic rings. The van der Waals surface area contributed by atoms with Gasteiger partial charge in [-0.3, -0.25) is 4.79 Å². The Hall–Kier alpha value is -3.54. The van der Waals surface area contributed by atoms with Gasteiger partial charge in [-0.1, -0.05) is 19.9 Å². The van der Waals surface area contributed by atoms with Gasteiger partial charge < -0.3 is 38.8 Å². The topological polar surface area (TPSA) is 156 Å². The van der Waals surface area contributed by atoms with Crippen molar-refractivity contribution >= 4 is 24.4 Å². The molecule has 0 bridgehead atoms. The molecule has 12 nitrogen and oxygen atoms in total. The number of ether oxygens (including phenoxy) is 6. The molecule has 35 heavy (non-hydrogen) atoms. The van der Waals surface area contributed by atoms with E-state index in [4.69, 9.17) is 28.4 Å². The monoisotopic (exact) mass is 499 g/mol. The van der Waals surface area contributed by atoms with Gasteiger partial charge in [-0.2, -0.15) is 0 Å². The first-order chi connectivity index (χ1) is 16.7. The number of nitrogens with one attached hydrogen (secondary N) is 1. The zero-order valence-electron chi connectivity index (χ0n) is 20.4. The van der Waals surface area contributed by atoms with E-state index in [9.17, 15) is 24.3 Å². The van der Waals surface area contributed by atoms with Crippen LogP contribution in [0.5, 0.6) is 11.5 Å². The maximum Gasteiger partial charge on any atom is 0.513 e. The van der Waals surface area contributed by atoms with Crippen molar-refractivity contribution in [1.29, 1.82) is 0 Å². The van der Waals surface area contributed by atoms with Crippen LogP contribution in [0.15, 0.2) is 18.2 Å². The van der Waals surface area contributed by atoms with Crippen molar-refractivity contribution in [2.45, 2.75) is 59.1 Å². The lowest BCUT2D eigenvalue weighted by Gasteiger charge is -2.19. The smallest absolute Gasteiger partial charge is 0.480 e. The molecule has 0 aliphatic carbocycles. The van der Waals surface area contributed by atoms with E-state index in [1.807, 2.05) is 13.8 Å². The van der Waals surface area contributed by atoms with Crippen LogP contribution in [-0.4, -0.2) is 68.1 Å². The molecule has 1 unspecified atom stereocenters. The Labute approximate surface area is 203 Å². The van der Waals surface area contributed by atoms with Crippen molar-refractivity contribution in [1.82, 2.24) is 5.32 Å². The van der Waals surface area contributed by atoms with Crippen LogP contribution in [0.1, 0.15) is 46.1 Å². The average molecular weight is 500 g/mol. The molecule has 1 rings (SSSR count). The molecule has 0 spiro atoms. The molecular formula is C23H33NO11. The van der Waals surface area contributed by atoms with Crippen LogP contribution in [0.2, 0.25) is 0 Å². The highest BCUT2D eigenvalue weighted by molar-refractivity contribution is 5.74. The molecule has 0 saturated heterocycles. The van der Waals surface area contributed by atoms with Crippen LogP contribution in [0.3, 0.4) is 0 Å². The summed E-state index contributed by atoms with van der Waals surface area (Å²) in [7, 11) is 0. The molecule has 196 valence electrons. The van der Waals surface area contributed by atoms with Gasteiger partial charge in [0.25, 0.3) is 0 Å². The van der Waals surface area contributed by atoms with Crippen LogP contribution in [-0.2, 0) is 30.2 Å². The summed E-state index contributed by atoms with van der Waals surface area (Å²) in [5.41, 5.74) is 0.455. The fourth-order valence-electron chi connectivity index (χ4n) is 2.60. The summed E-state index contributed by atoms with van der Waals surface area (Å²) in [5, 5.41) is 12.4. The maximum atomic E-state index is 12.0. The number of carbonyl (C=O) groups excluding carboxylic acids is 3. The Kier molecular flexibility index (Phi) is 13.6. The third kappa shape index (κ3) is 11.9. The van der Waals surface area contributed by atoms with E-state index >= 15 is 0 Å². The Morgan fingerprint density at radius 2 is 1.49 bits per heavy atom. The molecule has 0 amide bonds. The molecule has 0 fully saturated rings. The number of carboxylic acids is 1. The van der Waals surface area contributed by atoms with Crippen molar-refractivity contribution < 1.29 is 52.7 Å². The van der Waals surface area contributed by atoms with Gasteiger partial charge in [-0.15, -0.1) is 0 Å². The largest absolute Gasteiger partial charge is 0.513 e. The zero-order chi connectivity index (χ0) is 26.2. The highest BCUT2D eigenvalue weighted by Crippen LogP contribution is 2.30. The van der Waals surface area contributed by atoms with Crippen LogP contribution < -0.4 is 14.8 Å². The van der Waals surface area contributed by atoms with Crippen LogP contribution in [0, 0.1) is 0 Å². The van der Waals surface area contributed by atoms with Gasteiger partial charge in [-0.25, -0.2) is 14.4 Å². The molecule has 0 radical (unpaired) electrons. The predicted octanol–water partition coefficient (Wildman–Crippen LogP) is 3.68. The second-order valence-corrected chi connectivity index (χ2v) is 7.30. The van der Waals surface area contributed by atoms with Gasteiger partial charge in [0.1, 0.15) is 12.1 Å². The normalized spacial score (nSPS) is 12.1. The van der Waals surface area contributed by atoms with E-state index in [0.717, 1.165) is 0 Å². The first-order valence-electron chi connectivity index (χ1n) is 11.3. The number of hydrogen-bond donors (Lipinski definition) is 2. The minimum absolute atomic E-state index is 0.0254. The quantitative estimate of drug-likeness (QED) is 0.218. The lowest BCUT2D eigenvalue weighted by Crippen LogP contribution is -2.42. The van der Waals surface area contributed by atoms with Crippen molar-refractivity contribution in [3.05, 3.63) is 23.8 Å². The summed E-state index contributed by atoms with van der Waals surface area (Å²) in [6.45, 7) is 7.33. The molecule has 2 atom stereocenters. The van der Waals surface area contributed by atoms with Gasteiger partial charge in [0.05, 0.1) is 19.8 Å². The lowest BCUT2D eigenvalue weighted by molar-refractivity contribution is -0.139. The molecule has 0 aromatic heterocycles. The fraction of sp³-hybridized carbons (Fsp3) is 0.565. The Balaban J connectivity index is 2.95. The second kappa shape index (κ2) is 16.1. The first kappa shape index (κ1) is 29.5. The first-order valence-corrected chi connectivity index (χ1v) is 11.3. The van der Waals surface area contributed by atoms with E-state index in [1.54, 1.807) is 13.8 Å². The summed E-state index contributed by atoms with van der Waals surface area (Å²) in [4.78, 5) is 47.0. The molecule has 1 aromatic carbocycles. The minimum atomic E-state index is -1.15. The van der Waals surface area contributed by atoms with E-state index in [1.165, 1.54) is 18.2 Å². The van der Waals surface area contributed by atoms with Gasteiger partial charge in [0.2, 0.25) is 0 Å². The standard InChI is InChI=1S/C23H33NO11/c1-5-10-31-22(28)34-18-9-8-16(13-19(18)35-23(29)32-11-6-2)12-17(20(25)26)24-14-15(4)33-21(27)30-7-3/h8-9,13,15,17,24H,5-7,10-12,14H2,1-4H3,(H,25,26)/t15?,17-/m0/s1. The number of benzene rings is 1. The average Bonchev–Trinajstić information content (AvgIpc) is 2.80. The number of hydrogen-bond acceptors (Lipinski definition) is 11. The SMILES string of the molecule is CCCOC(=O)Oc1ccc(C[C@H](NCC(C)OC(=O)OCC)C(=O)O)cc1OC(=O)OCCC. The number of rotatable bonds is 14. The number of carboxylic acid groups (broad SMARTS) is 1. The molecule has 1 aromatic rings. The van der Waals surface area contributed by atoms with Gasteiger partial charge in [0.15, 0.2) is 11.5 Å². The van der Waals surface area contributed by atoms with Gasteiger partial charge in [0, 0.05) is 6.54 Å². The Bertz CT molecular complexity index is 843. The van der Waals surface area contributed by atoms with Crippen molar-refractivity contribution in [3.63, 3.8) is 0 Å². The zero-order valence-corrected chi connectivity index (χ0v) is 20.4. The maximum absolute atomic E-state index is 12.0. The second-order valence-electron chi connectivity index (χ2n) is 7.30. The van der Waals surface area contributed by atoms with Crippen molar-refractivity contribution in [2.24, 2.45) is 0 Å². The summed E-state index contributed by atoms with van der Waals surface area (Å²) in [6.07, 6.45) is -2.34. The Morgan fingerprint density at radius 1 is 0.886 bits per heavy atom. The van der Waals surface area contributed by atoms with E-state index in [-0.39, 0.29) is 44.3 Å². The fourth-order valence-corrected chi connectivity index (χ4v) is 2.60.